The van der Waals surface area contributed by atoms with Crippen LogP contribution in [0.1, 0.15) is 41.4 Å². The van der Waals surface area contributed by atoms with E-state index in [0.717, 1.165) is 12.1 Å². The Balaban J connectivity index is 1.41. The van der Waals surface area contributed by atoms with E-state index in [1.807, 2.05) is 0 Å². The van der Waals surface area contributed by atoms with Crippen LogP contribution < -0.4 is 0 Å². The first-order valence-electron chi connectivity index (χ1n) is 11.3. The number of rotatable bonds is 8. The molecule has 2 aromatic heterocycles. The average molecular weight is 540 g/mol. The lowest BCUT2D eigenvalue weighted by Gasteiger charge is -2.05. The number of aromatic carboxylic acids is 4. The maximum atomic E-state index is 11.4. The van der Waals surface area contributed by atoms with E-state index < -0.39 is 23.9 Å². The van der Waals surface area contributed by atoms with Gasteiger partial charge in [0.2, 0.25) is 0 Å². The minimum atomic E-state index is -1.28. The Morgan fingerprint density at radius 2 is 0.800 bits per heavy atom. The normalized spacial score (nSPS) is 10.8. The molecule has 0 aliphatic heterocycles. The molecule has 5 rings (SSSR count). The number of hydrogen-bond donors (Lipinski definition) is 4. The third-order valence-corrected chi connectivity index (χ3v) is 5.82. The van der Waals surface area contributed by atoms with Crippen LogP contribution in [0.4, 0.5) is 0 Å². The number of carboxylic acids is 4. The number of carbonyl (C=O) groups is 4. The smallest absolute Gasteiger partial charge is 0.335 e. The summed E-state index contributed by atoms with van der Waals surface area (Å²) < 4.78 is 2.54. The second kappa shape index (κ2) is 9.94. The minimum Gasteiger partial charge on any atom is -0.478 e. The fourth-order valence-electron chi connectivity index (χ4n) is 3.84. The van der Waals surface area contributed by atoms with Crippen molar-refractivity contribution in [2.24, 2.45) is 0 Å². The summed E-state index contributed by atoms with van der Waals surface area (Å²) in [6.45, 7) is 0. The molecule has 0 spiro atoms. The predicted octanol–water partition coefficient (Wildman–Crippen LogP) is 2.97. The van der Waals surface area contributed by atoms with Crippen LogP contribution in [0.25, 0.3) is 33.9 Å². The van der Waals surface area contributed by atoms with Crippen LogP contribution in [0.5, 0.6) is 0 Å². The largest absolute Gasteiger partial charge is 0.478 e. The van der Waals surface area contributed by atoms with E-state index in [0.29, 0.717) is 22.5 Å². The summed E-state index contributed by atoms with van der Waals surface area (Å²) in [7, 11) is 0. The zero-order chi connectivity index (χ0) is 28.6. The molecule has 0 amide bonds. The third-order valence-electron chi connectivity index (χ3n) is 5.82. The Labute approximate surface area is 223 Å². The summed E-state index contributed by atoms with van der Waals surface area (Å²) in [6, 6.07) is 14.1. The topological polar surface area (TPSA) is 211 Å². The first kappa shape index (κ1) is 25.5. The Bertz CT molecular complexity index is 1630. The third kappa shape index (κ3) is 4.99. The molecule has 3 aromatic carbocycles. The number of carboxylic acid groups (broad SMARTS) is 4. The Morgan fingerprint density at radius 3 is 1.07 bits per heavy atom. The average Bonchev–Trinajstić information content (AvgIpc) is 3.63. The molecule has 4 N–H and O–H groups in total. The zero-order valence-corrected chi connectivity index (χ0v) is 20.0. The van der Waals surface area contributed by atoms with Gasteiger partial charge in [-0.25, -0.2) is 28.5 Å². The molecule has 14 heteroatoms. The number of benzene rings is 3. The molecular weight excluding hydrogens is 524 g/mol. The first-order chi connectivity index (χ1) is 19.1. The van der Waals surface area contributed by atoms with Gasteiger partial charge in [0.1, 0.15) is 11.4 Å². The summed E-state index contributed by atoms with van der Waals surface area (Å²) in [5.74, 6) is -5.13. The maximum Gasteiger partial charge on any atom is 0.335 e. The SMILES string of the molecule is O=C(O)c1cc(C(=O)O)cc(-n2cc(-c3ccc(-c4cn(-c5cc(C(=O)O)cc(C(=O)O)c5)nn4)cc3)nn2)c1. The van der Waals surface area contributed by atoms with Gasteiger partial charge in [-0.2, -0.15) is 0 Å². The van der Waals surface area contributed by atoms with Gasteiger partial charge < -0.3 is 20.4 Å². The predicted molar refractivity (Wildman–Crippen MR) is 135 cm³/mol. The van der Waals surface area contributed by atoms with Gasteiger partial charge in [0.25, 0.3) is 0 Å². The van der Waals surface area contributed by atoms with Gasteiger partial charge in [0.15, 0.2) is 0 Å². The fourth-order valence-corrected chi connectivity index (χ4v) is 3.84. The van der Waals surface area contributed by atoms with Gasteiger partial charge >= 0.3 is 23.9 Å². The van der Waals surface area contributed by atoms with Gasteiger partial charge in [0.05, 0.1) is 46.0 Å². The quantitative estimate of drug-likeness (QED) is 0.224. The lowest BCUT2D eigenvalue weighted by molar-refractivity contribution is 0.0676. The van der Waals surface area contributed by atoms with Crippen LogP contribution in [0.3, 0.4) is 0 Å². The van der Waals surface area contributed by atoms with Crippen LogP contribution in [0.2, 0.25) is 0 Å². The number of aromatic nitrogens is 6. The molecule has 40 heavy (non-hydrogen) atoms. The van der Waals surface area contributed by atoms with Crippen molar-refractivity contribution >= 4 is 23.9 Å². The van der Waals surface area contributed by atoms with Gasteiger partial charge in [-0.15, -0.1) is 10.2 Å². The second-order valence-corrected chi connectivity index (χ2v) is 8.43. The van der Waals surface area contributed by atoms with Crippen molar-refractivity contribution in [2.75, 3.05) is 0 Å². The van der Waals surface area contributed by atoms with E-state index >= 15 is 0 Å². The summed E-state index contributed by atoms with van der Waals surface area (Å²) in [4.78, 5) is 45.6. The molecule has 0 radical (unpaired) electrons. The van der Waals surface area contributed by atoms with Crippen molar-refractivity contribution in [3.05, 3.63) is 95.3 Å². The van der Waals surface area contributed by atoms with Crippen LogP contribution in [-0.4, -0.2) is 74.3 Å². The molecule has 0 saturated carbocycles. The molecule has 198 valence electrons. The molecule has 5 aromatic rings. The lowest BCUT2D eigenvalue weighted by atomic mass is 10.1. The van der Waals surface area contributed by atoms with E-state index in [2.05, 4.69) is 20.6 Å². The lowest BCUT2D eigenvalue weighted by Crippen LogP contribution is -2.06. The van der Waals surface area contributed by atoms with Crippen molar-refractivity contribution in [1.82, 2.24) is 30.0 Å². The van der Waals surface area contributed by atoms with Crippen LogP contribution >= 0.6 is 0 Å². The van der Waals surface area contributed by atoms with E-state index in [9.17, 15) is 39.6 Å². The monoisotopic (exact) mass is 540 g/mol. The summed E-state index contributed by atoms with van der Waals surface area (Å²) >= 11 is 0. The van der Waals surface area contributed by atoms with Gasteiger partial charge in [-0.1, -0.05) is 34.7 Å². The number of hydrogen-bond acceptors (Lipinski definition) is 8. The molecule has 0 aliphatic rings. The zero-order valence-electron chi connectivity index (χ0n) is 20.0. The van der Waals surface area contributed by atoms with E-state index in [-0.39, 0.29) is 33.6 Å². The van der Waals surface area contributed by atoms with E-state index in [1.165, 1.54) is 46.0 Å². The maximum absolute atomic E-state index is 11.4. The Morgan fingerprint density at radius 1 is 0.500 bits per heavy atom. The van der Waals surface area contributed by atoms with E-state index in [4.69, 9.17) is 0 Å². The van der Waals surface area contributed by atoms with Gasteiger partial charge in [-0.05, 0) is 36.4 Å². The van der Waals surface area contributed by atoms with Crippen LogP contribution in [-0.2, 0) is 0 Å². The summed E-state index contributed by atoms with van der Waals surface area (Å²) in [5, 5.41) is 53.4. The van der Waals surface area contributed by atoms with Crippen molar-refractivity contribution in [3.8, 4) is 33.9 Å². The molecule has 0 fully saturated rings. The summed E-state index contributed by atoms with van der Waals surface area (Å²) in [6.07, 6.45) is 3.04. The van der Waals surface area contributed by atoms with Crippen molar-refractivity contribution in [1.29, 1.82) is 0 Å². The van der Waals surface area contributed by atoms with Crippen LogP contribution in [0, 0.1) is 0 Å². The van der Waals surface area contributed by atoms with Crippen molar-refractivity contribution in [3.63, 3.8) is 0 Å². The van der Waals surface area contributed by atoms with Crippen LogP contribution in [0.15, 0.2) is 73.1 Å². The molecule has 0 atom stereocenters. The molecule has 2 heterocycles. The minimum absolute atomic E-state index is 0.210. The highest BCUT2D eigenvalue weighted by Crippen LogP contribution is 2.24. The molecule has 0 saturated heterocycles. The first-order valence-corrected chi connectivity index (χ1v) is 11.3. The van der Waals surface area contributed by atoms with Crippen molar-refractivity contribution < 1.29 is 39.6 Å². The number of nitrogens with zero attached hydrogens (tertiary/aromatic N) is 6. The van der Waals surface area contributed by atoms with Gasteiger partial charge in [0, 0.05) is 11.1 Å². The van der Waals surface area contributed by atoms with Crippen molar-refractivity contribution in [2.45, 2.75) is 0 Å². The summed E-state index contributed by atoms with van der Waals surface area (Å²) in [5.41, 5.74) is 1.74. The standard InChI is InChI=1S/C26H16N6O8/c33-23(34)15-5-16(24(35)36)8-19(7-15)31-11-21(27-29-31)13-1-2-14(4-3-13)22-12-32(30-28-22)20-9-17(25(37)38)6-18(10-20)26(39)40/h1-12H,(H,33,34)(H,35,36)(H,37,38)(H,39,40). The highest BCUT2D eigenvalue weighted by atomic mass is 16.4. The highest BCUT2D eigenvalue weighted by molar-refractivity contribution is 5.95. The Kier molecular flexibility index (Phi) is 6.33. The molecular formula is C26H16N6O8. The Hall–Kier alpha value is -6.18. The molecule has 0 unspecified atom stereocenters. The van der Waals surface area contributed by atoms with Gasteiger partial charge in [-0.3, -0.25) is 0 Å². The fraction of sp³-hybridized carbons (Fsp3) is 0. The van der Waals surface area contributed by atoms with E-state index in [1.54, 1.807) is 24.3 Å². The molecule has 0 bridgehead atoms. The highest BCUT2D eigenvalue weighted by Gasteiger charge is 2.16. The molecule has 0 aliphatic carbocycles. The second-order valence-electron chi connectivity index (χ2n) is 8.43. The molecule has 14 nitrogen and oxygen atoms in total.